The van der Waals surface area contributed by atoms with E-state index < -0.39 is 0 Å². The van der Waals surface area contributed by atoms with Gasteiger partial charge in [-0.2, -0.15) is 5.10 Å². The second-order valence-electron chi connectivity index (χ2n) is 5.71. The number of hydrogen-bond donors (Lipinski definition) is 0. The molecule has 0 saturated heterocycles. The molecule has 0 fully saturated rings. The standard InChI is InChI=1S/C19H14ClN3OS/c1-12-21-17-18(25-12)16(14-7-9-15(20)10-8-14)22-23(19(17)24)11-13-5-3-2-4-6-13/h2-10H,11H2,1H3. The summed E-state index contributed by atoms with van der Waals surface area (Å²) in [5, 5.41) is 6.15. The highest BCUT2D eigenvalue weighted by Crippen LogP contribution is 2.30. The number of aryl methyl sites for hydroxylation is 1. The monoisotopic (exact) mass is 367 g/mol. The van der Waals surface area contributed by atoms with Gasteiger partial charge in [-0.3, -0.25) is 4.79 Å². The highest BCUT2D eigenvalue weighted by molar-refractivity contribution is 7.19. The molecule has 4 rings (SSSR count). The van der Waals surface area contributed by atoms with Gasteiger partial charge in [-0.25, -0.2) is 9.67 Å². The van der Waals surface area contributed by atoms with Crippen molar-refractivity contribution >= 4 is 33.2 Å². The Morgan fingerprint density at radius 1 is 1.08 bits per heavy atom. The van der Waals surface area contributed by atoms with Crippen LogP contribution < -0.4 is 5.56 Å². The maximum Gasteiger partial charge on any atom is 0.294 e. The predicted octanol–water partition coefficient (Wildman–Crippen LogP) is 4.53. The third kappa shape index (κ3) is 3.08. The fourth-order valence-electron chi connectivity index (χ4n) is 2.73. The van der Waals surface area contributed by atoms with Crippen molar-refractivity contribution < 1.29 is 0 Å². The van der Waals surface area contributed by atoms with E-state index in [-0.39, 0.29) is 5.56 Å². The summed E-state index contributed by atoms with van der Waals surface area (Å²) in [7, 11) is 0. The van der Waals surface area contributed by atoms with Crippen LogP contribution in [-0.4, -0.2) is 14.8 Å². The second-order valence-corrected chi connectivity index (χ2v) is 7.35. The molecule has 2 aromatic heterocycles. The Morgan fingerprint density at radius 2 is 1.80 bits per heavy atom. The smallest absolute Gasteiger partial charge is 0.265 e. The van der Waals surface area contributed by atoms with Crippen LogP contribution in [0.5, 0.6) is 0 Å². The Balaban J connectivity index is 1.93. The quantitative estimate of drug-likeness (QED) is 0.534. The molecule has 0 aliphatic carbocycles. The summed E-state index contributed by atoms with van der Waals surface area (Å²) in [6, 6.07) is 17.3. The average molecular weight is 368 g/mol. The Morgan fingerprint density at radius 3 is 2.52 bits per heavy atom. The molecule has 4 aromatic rings. The highest BCUT2D eigenvalue weighted by Gasteiger charge is 2.16. The first-order chi connectivity index (χ1) is 12.1. The zero-order chi connectivity index (χ0) is 17.4. The summed E-state index contributed by atoms with van der Waals surface area (Å²) >= 11 is 7.49. The molecule has 0 atom stereocenters. The minimum absolute atomic E-state index is 0.166. The van der Waals surface area contributed by atoms with Crippen LogP contribution in [0.4, 0.5) is 0 Å². The first-order valence-electron chi connectivity index (χ1n) is 7.80. The number of benzene rings is 2. The van der Waals surface area contributed by atoms with E-state index in [9.17, 15) is 4.79 Å². The van der Waals surface area contributed by atoms with Gasteiger partial charge >= 0.3 is 0 Å². The fourth-order valence-corrected chi connectivity index (χ4v) is 3.77. The van der Waals surface area contributed by atoms with Crippen molar-refractivity contribution in [1.82, 2.24) is 14.8 Å². The number of thiazole rings is 1. The Hall–Kier alpha value is -2.50. The minimum Gasteiger partial charge on any atom is -0.265 e. The maximum atomic E-state index is 12.8. The van der Waals surface area contributed by atoms with E-state index in [4.69, 9.17) is 11.6 Å². The minimum atomic E-state index is -0.166. The first kappa shape index (κ1) is 16.0. The van der Waals surface area contributed by atoms with Gasteiger partial charge in [-0.1, -0.05) is 54.1 Å². The van der Waals surface area contributed by atoms with E-state index in [2.05, 4.69) is 10.1 Å². The van der Waals surface area contributed by atoms with Gasteiger partial charge in [-0.15, -0.1) is 11.3 Å². The van der Waals surface area contributed by atoms with Gasteiger partial charge in [0, 0.05) is 10.6 Å². The highest BCUT2D eigenvalue weighted by atomic mass is 35.5. The summed E-state index contributed by atoms with van der Waals surface area (Å²) in [5.74, 6) is 0. The molecule has 0 bridgehead atoms. The van der Waals surface area contributed by atoms with Gasteiger partial charge < -0.3 is 0 Å². The summed E-state index contributed by atoms with van der Waals surface area (Å²) in [4.78, 5) is 17.2. The van der Waals surface area contributed by atoms with E-state index in [0.29, 0.717) is 17.1 Å². The van der Waals surface area contributed by atoms with Gasteiger partial charge in [0.25, 0.3) is 5.56 Å². The molecule has 0 radical (unpaired) electrons. The molecule has 4 nitrogen and oxygen atoms in total. The molecule has 0 N–H and O–H groups in total. The van der Waals surface area contributed by atoms with E-state index in [1.165, 1.54) is 16.0 Å². The Bertz CT molecular complexity index is 1100. The molecule has 0 spiro atoms. The first-order valence-corrected chi connectivity index (χ1v) is 8.99. The van der Waals surface area contributed by atoms with Crippen molar-refractivity contribution in [3.05, 3.63) is 80.5 Å². The molecule has 25 heavy (non-hydrogen) atoms. The van der Waals surface area contributed by atoms with E-state index in [0.717, 1.165) is 26.5 Å². The number of aromatic nitrogens is 3. The Kier molecular flexibility index (Phi) is 4.11. The van der Waals surface area contributed by atoms with Crippen molar-refractivity contribution in [2.45, 2.75) is 13.5 Å². The molecule has 0 aliphatic rings. The summed E-state index contributed by atoms with van der Waals surface area (Å²) in [5.41, 5.74) is 3.00. The van der Waals surface area contributed by atoms with Crippen LogP contribution >= 0.6 is 22.9 Å². The molecular weight excluding hydrogens is 354 g/mol. The summed E-state index contributed by atoms with van der Waals surface area (Å²) < 4.78 is 2.30. The van der Waals surface area contributed by atoms with Gasteiger partial charge in [0.2, 0.25) is 0 Å². The lowest BCUT2D eigenvalue weighted by molar-refractivity contribution is 0.650. The van der Waals surface area contributed by atoms with Crippen molar-refractivity contribution in [3.63, 3.8) is 0 Å². The third-order valence-electron chi connectivity index (χ3n) is 3.90. The molecular formula is C19H14ClN3OS. The van der Waals surface area contributed by atoms with Gasteiger partial charge in [-0.05, 0) is 24.6 Å². The normalized spacial score (nSPS) is 11.1. The molecule has 0 unspecified atom stereocenters. The van der Waals surface area contributed by atoms with E-state index >= 15 is 0 Å². The van der Waals surface area contributed by atoms with Crippen LogP contribution in [0.2, 0.25) is 5.02 Å². The van der Waals surface area contributed by atoms with Crippen molar-refractivity contribution in [2.75, 3.05) is 0 Å². The molecule has 0 aliphatic heterocycles. The van der Waals surface area contributed by atoms with Crippen molar-refractivity contribution in [2.24, 2.45) is 0 Å². The molecule has 124 valence electrons. The zero-order valence-corrected chi connectivity index (χ0v) is 15.0. The maximum absolute atomic E-state index is 12.8. The molecule has 6 heteroatoms. The Labute approximate surface area is 153 Å². The van der Waals surface area contributed by atoms with Crippen LogP contribution in [0.1, 0.15) is 10.6 Å². The number of fused-ring (bicyclic) bond motifs is 1. The SMILES string of the molecule is Cc1nc2c(=O)n(Cc3ccccc3)nc(-c3ccc(Cl)cc3)c2s1. The van der Waals surface area contributed by atoms with Crippen LogP contribution in [0, 0.1) is 6.92 Å². The number of halogens is 1. The number of rotatable bonds is 3. The van der Waals surface area contributed by atoms with Crippen LogP contribution in [0.3, 0.4) is 0 Å². The van der Waals surface area contributed by atoms with Crippen molar-refractivity contribution in [1.29, 1.82) is 0 Å². The summed E-state index contributed by atoms with van der Waals surface area (Å²) in [6.45, 7) is 2.31. The van der Waals surface area contributed by atoms with E-state index in [1.54, 1.807) is 0 Å². The van der Waals surface area contributed by atoms with Gasteiger partial charge in [0.15, 0.2) is 5.52 Å². The molecule has 0 saturated carbocycles. The number of hydrogen-bond acceptors (Lipinski definition) is 4. The average Bonchev–Trinajstić information content (AvgIpc) is 3.01. The van der Waals surface area contributed by atoms with Crippen molar-refractivity contribution in [3.8, 4) is 11.3 Å². The predicted molar refractivity (Wildman–Crippen MR) is 102 cm³/mol. The molecule has 2 heterocycles. The van der Waals surface area contributed by atoms with Crippen LogP contribution in [-0.2, 0) is 6.54 Å². The van der Waals surface area contributed by atoms with Gasteiger partial charge in [0.1, 0.15) is 5.69 Å². The van der Waals surface area contributed by atoms with E-state index in [1.807, 2.05) is 61.5 Å². The second kappa shape index (κ2) is 6.43. The molecule has 0 amide bonds. The lowest BCUT2D eigenvalue weighted by atomic mass is 10.1. The summed E-state index contributed by atoms with van der Waals surface area (Å²) in [6.07, 6.45) is 0. The zero-order valence-electron chi connectivity index (χ0n) is 13.4. The fraction of sp³-hybridized carbons (Fsp3) is 0.105. The lowest BCUT2D eigenvalue weighted by Gasteiger charge is -2.09. The third-order valence-corrected chi connectivity index (χ3v) is 5.13. The van der Waals surface area contributed by atoms with Crippen LogP contribution in [0.25, 0.3) is 21.5 Å². The molecule has 2 aromatic carbocycles. The topological polar surface area (TPSA) is 47.8 Å². The van der Waals surface area contributed by atoms with Crippen LogP contribution in [0.15, 0.2) is 59.4 Å². The van der Waals surface area contributed by atoms with Gasteiger partial charge in [0.05, 0.1) is 16.3 Å². The number of nitrogens with zero attached hydrogens (tertiary/aromatic N) is 3. The largest absolute Gasteiger partial charge is 0.294 e. The lowest BCUT2D eigenvalue weighted by Crippen LogP contribution is -2.24.